The first-order valence-electron chi connectivity index (χ1n) is 6.88. The van der Waals surface area contributed by atoms with E-state index < -0.39 is 0 Å². The molecule has 1 atom stereocenters. The normalized spacial score (nSPS) is 15.6. The number of rotatable bonds is 7. The van der Waals surface area contributed by atoms with Gasteiger partial charge in [0.05, 0.1) is 20.8 Å². The molecule has 1 amide bonds. The number of benzene rings is 1. The van der Waals surface area contributed by atoms with Gasteiger partial charge in [-0.2, -0.15) is 0 Å². The third kappa shape index (κ3) is 3.87. The van der Waals surface area contributed by atoms with Gasteiger partial charge < -0.3 is 20.1 Å². The lowest BCUT2D eigenvalue weighted by Gasteiger charge is -2.18. The quantitative estimate of drug-likeness (QED) is 0.796. The average Bonchev–Trinajstić information content (AvgIpc) is 3.27. The molecule has 2 rings (SSSR count). The van der Waals surface area contributed by atoms with Gasteiger partial charge in [-0.05, 0) is 38.0 Å². The lowest BCUT2D eigenvalue weighted by Crippen LogP contribution is -2.36. The molecule has 1 unspecified atom stereocenters. The molecule has 1 fully saturated rings. The van der Waals surface area contributed by atoms with Gasteiger partial charge in [-0.15, -0.1) is 0 Å². The fourth-order valence-electron chi connectivity index (χ4n) is 2.04. The minimum absolute atomic E-state index is 0.00463. The Labute approximate surface area is 119 Å². The molecular weight excluding hydrogens is 256 g/mol. The zero-order chi connectivity index (χ0) is 14.5. The molecule has 1 aliphatic rings. The summed E-state index contributed by atoms with van der Waals surface area (Å²) in [7, 11) is 3.27. The molecule has 5 nitrogen and oxygen atoms in total. The van der Waals surface area contributed by atoms with Crippen molar-refractivity contribution in [1.82, 2.24) is 10.6 Å². The maximum absolute atomic E-state index is 11.7. The highest BCUT2D eigenvalue weighted by Gasteiger charge is 2.23. The summed E-state index contributed by atoms with van der Waals surface area (Å²) < 4.78 is 10.6. The van der Waals surface area contributed by atoms with Crippen molar-refractivity contribution in [2.24, 2.45) is 0 Å². The van der Waals surface area contributed by atoms with Crippen LogP contribution in [0.2, 0.25) is 0 Å². The van der Waals surface area contributed by atoms with Crippen LogP contribution in [0.25, 0.3) is 0 Å². The number of hydrogen-bond donors (Lipinski definition) is 2. The van der Waals surface area contributed by atoms with Crippen LogP contribution in [0.3, 0.4) is 0 Å². The third-order valence-electron chi connectivity index (χ3n) is 3.41. The molecule has 0 spiro atoms. The van der Waals surface area contributed by atoms with Crippen molar-refractivity contribution in [3.05, 3.63) is 23.8 Å². The number of nitrogens with one attached hydrogen (secondary N) is 2. The fraction of sp³-hybridized carbons (Fsp3) is 0.533. The predicted octanol–water partition coefficient (Wildman–Crippen LogP) is 1.63. The van der Waals surface area contributed by atoms with Crippen molar-refractivity contribution in [3.8, 4) is 11.5 Å². The van der Waals surface area contributed by atoms with Crippen LogP contribution < -0.4 is 20.1 Å². The Kier molecular flexibility index (Phi) is 4.84. The van der Waals surface area contributed by atoms with Gasteiger partial charge in [-0.3, -0.25) is 4.79 Å². The zero-order valence-corrected chi connectivity index (χ0v) is 12.2. The summed E-state index contributed by atoms with van der Waals surface area (Å²) in [6, 6.07) is 6.05. The van der Waals surface area contributed by atoms with E-state index in [-0.39, 0.29) is 11.9 Å². The second-order valence-electron chi connectivity index (χ2n) is 5.05. The molecule has 110 valence electrons. The molecule has 0 aromatic heterocycles. The number of hydrogen-bond acceptors (Lipinski definition) is 4. The molecule has 1 aromatic carbocycles. The summed E-state index contributed by atoms with van der Waals surface area (Å²) in [5, 5.41) is 6.16. The molecule has 0 aliphatic heterocycles. The highest BCUT2D eigenvalue weighted by Crippen LogP contribution is 2.29. The minimum atomic E-state index is 0.00463. The standard InChI is InChI=1S/C15H22N2O3/c1-10(16-9-15(18)17-11-4-5-11)13-8-12(19-2)6-7-14(13)20-3/h6-8,10-11,16H,4-5,9H2,1-3H3,(H,17,18). The van der Waals surface area contributed by atoms with Gasteiger partial charge in [-0.25, -0.2) is 0 Å². The Morgan fingerprint density at radius 1 is 1.35 bits per heavy atom. The number of carbonyl (C=O) groups excluding carboxylic acids is 1. The van der Waals surface area contributed by atoms with E-state index >= 15 is 0 Å². The monoisotopic (exact) mass is 278 g/mol. The van der Waals surface area contributed by atoms with Gasteiger partial charge in [0.1, 0.15) is 11.5 Å². The van der Waals surface area contributed by atoms with E-state index in [1.165, 1.54) is 0 Å². The minimum Gasteiger partial charge on any atom is -0.497 e. The third-order valence-corrected chi connectivity index (χ3v) is 3.41. The SMILES string of the molecule is COc1ccc(OC)c(C(C)NCC(=O)NC2CC2)c1. The van der Waals surface area contributed by atoms with Crippen LogP contribution in [0.5, 0.6) is 11.5 Å². The van der Waals surface area contributed by atoms with E-state index in [0.717, 1.165) is 29.9 Å². The summed E-state index contributed by atoms with van der Waals surface area (Å²) in [6.07, 6.45) is 2.20. The van der Waals surface area contributed by atoms with E-state index in [1.54, 1.807) is 14.2 Å². The van der Waals surface area contributed by atoms with Crippen molar-refractivity contribution in [2.45, 2.75) is 31.8 Å². The van der Waals surface area contributed by atoms with Crippen molar-refractivity contribution in [3.63, 3.8) is 0 Å². The lowest BCUT2D eigenvalue weighted by atomic mass is 10.1. The van der Waals surface area contributed by atoms with Crippen LogP contribution in [0.15, 0.2) is 18.2 Å². The molecule has 5 heteroatoms. The van der Waals surface area contributed by atoms with E-state index in [0.29, 0.717) is 12.6 Å². The maximum Gasteiger partial charge on any atom is 0.234 e. The summed E-state index contributed by atoms with van der Waals surface area (Å²) in [6.45, 7) is 2.31. The van der Waals surface area contributed by atoms with Crippen LogP contribution >= 0.6 is 0 Å². The van der Waals surface area contributed by atoms with E-state index in [9.17, 15) is 4.79 Å². The summed E-state index contributed by atoms with van der Waals surface area (Å²) >= 11 is 0. The first-order chi connectivity index (χ1) is 9.63. The van der Waals surface area contributed by atoms with Gasteiger partial charge in [-0.1, -0.05) is 0 Å². The fourth-order valence-corrected chi connectivity index (χ4v) is 2.04. The number of amides is 1. The molecule has 1 aliphatic carbocycles. The average molecular weight is 278 g/mol. The molecule has 2 N–H and O–H groups in total. The second-order valence-corrected chi connectivity index (χ2v) is 5.05. The molecule has 0 bridgehead atoms. The Balaban J connectivity index is 1.95. The Bertz CT molecular complexity index is 472. The highest BCUT2D eigenvalue weighted by molar-refractivity contribution is 5.78. The van der Waals surface area contributed by atoms with Crippen molar-refractivity contribution in [1.29, 1.82) is 0 Å². The smallest absolute Gasteiger partial charge is 0.234 e. The van der Waals surface area contributed by atoms with Crippen LogP contribution in [0.4, 0.5) is 0 Å². The second kappa shape index (κ2) is 6.61. The van der Waals surface area contributed by atoms with Crippen LogP contribution in [0.1, 0.15) is 31.4 Å². The van der Waals surface area contributed by atoms with Crippen molar-refractivity contribution >= 4 is 5.91 Å². The molecule has 20 heavy (non-hydrogen) atoms. The maximum atomic E-state index is 11.7. The Morgan fingerprint density at radius 3 is 2.70 bits per heavy atom. The summed E-state index contributed by atoms with van der Waals surface area (Å²) in [5.41, 5.74) is 0.978. The molecule has 0 heterocycles. The summed E-state index contributed by atoms with van der Waals surface area (Å²) in [5.74, 6) is 1.60. The lowest BCUT2D eigenvalue weighted by molar-refractivity contribution is -0.120. The van der Waals surface area contributed by atoms with E-state index in [4.69, 9.17) is 9.47 Å². The summed E-state index contributed by atoms with van der Waals surface area (Å²) in [4.78, 5) is 11.7. The molecule has 1 aromatic rings. The van der Waals surface area contributed by atoms with E-state index in [1.807, 2.05) is 25.1 Å². The number of methoxy groups -OCH3 is 2. The molecule has 0 radical (unpaired) electrons. The highest BCUT2D eigenvalue weighted by atomic mass is 16.5. The van der Waals surface area contributed by atoms with Gasteiger partial charge >= 0.3 is 0 Å². The van der Waals surface area contributed by atoms with Gasteiger partial charge in [0, 0.05) is 17.6 Å². The molecule has 0 saturated heterocycles. The molecule has 1 saturated carbocycles. The van der Waals surface area contributed by atoms with Gasteiger partial charge in [0.15, 0.2) is 0 Å². The van der Waals surface area contributed by atoms with E-state index in [2.05, 4.69) is 10.6 Å². The van der Waals surface area contributed by atoms with Gasteiger partial charge in [0.2, 0.25) is 5.91 Å². The zero-order valence-electron chi connectivity index (χ0n) is 12.2. The van der Waals surface area contributed by atoms with Crippen molar-refractivity contribution in [2.75, 3.05) is 20.8 Å². The predicted molar refractivity (Wildman–Crippen MR) is 77.1 cm³/mol. The van der Waals surface area contributed by atoms with Crippen LogP contribution in [0, 0.1) is 0 Å². The Hall–Kier alpha value is -1.75. The van der Waals surface area contributed by atoms with Crippen LogP contribution in [-0.2, 0) is 4.79 Å². The first kappa shape index (κ1) is 14.7. The number of carbonyl (C=O) groups is 1. The first-order valence-corrected chi connectivity index (χ1v) is 6.88. The molecular formula is C15H22N2O3. The van der Waals surface area contributed by atoms with Gasteiger partial charge in [0.25, 0.3) is 0 Å². The largest absolute Gasteiger partial charge is 0.497 e. The van der Waals surface area contributed by atoms with Crippen molar-refractivity contribution < 1.29 is 14.3 Å². The number of ether oxygens (including phenoxy) is 2. The topological polar surface area (TPSA) is 59.6 Å². The Morgan fingerprint density at radius 2 is 2.10 bits per heavy atom. The van der Waals surface area contributed by atoms with Crippen LogP contribution in [-0.4, -0.2) is 32.7 Å².